The molecule has 0 fully saturated rings. The Hall–Kier alpha value is -3.62. The van der Waals surface area contributed by atoms with E-state index in [4.69, 9.17) is 0 Å². The molecule has 0 bridgehead atoms. The number of nitriles is 2. The average molecular weight is 377 g/mol. The van der Waals surface area contributed by atoms with E-state index in [9.17, 15) is 10.5 Å². The highest BCUT2D eigenvalue weighted by Gasteiger charge is 2.12. The summed E-state index contributed by atoms with van der Waals surface area (Å²) in [6.07, 6.45) is 0. The second-order valence-electron chi connectivity index (χ2n) is 7.45. The molecule has 0 aliphatic heterocycles. The highest BCUT2D eigenvalue weighted by molar-refractivity contribution is 6.09. The summed E-state index contributed by atoms with van der Waals surface area (Å²) in [6.45, 7) is 10.9. The fourth-order valence-electron chi connectivity index (χ4n) is 3.78. The molecule has 0 saturated carbocycles. The zero-order valence-corrected chi connectivity index (χ0v) is 17.6. The van der Waals surface area contributed by atoms with Gasteiger partial charge in [0.1, 0.15) is 12.1 Å². The van der Waals surface area contributed by atoms with Crippen molar-refractivity contribution in [2.75, 3.05) is 0 Å². The van der Waals surface area contributed by atoms with Gasteiger partial charge in [0.2, 0.25) is 0 Å². The lowest BCUT2D eigenvalue weighted by atomic mass is 9.93. The van der Waals surface area contributed by atoms with Gasteiger partial charge < -0.3 is 0 Å². The van der Waals surface area contributed by atoms with Crippen molar-refractivity contribution >= 4 is 21.5 Å². The number of hydrogen-bond acceptors (Lipinski definition) is 2. The molecule has 0 amide bonds. The largest absolute Gasteiger partial charge is 0.192 e. The van der Waals surface area contributed by atoms with Crippen molar-refractivity contribution in [1.82, 2.24) is 0 Å². The summed E-state index contributed by atoms with van der Waals surface area (Å²) < 4.78 is 0. The molecule has 2 nitrogen and oxygen atoms in total. The van der Waals surface area contributed by atoms with Crippen molar-refractivity contribution in [2.24, 2.45) is 0 Å². The molecule has 29 heavy (non-hydrogen) atoms. The van der Waals surface area contributed by atoms with E-state index < -0.39 is 0 Å². The number of hydrogen-bond donors (Lipinski definition) is 0. The van der Waals surface area contributed by atoms with Crippen LogP contribution in [0, 0.1) is 57.3 Å². The van der Waals surface area contributed by atoms with E-state index in [1.807, 2.05) is 48.5 Å². The molecule has 2 heteroatoms. The SMILES string of the molecule is Cc1cc(C)c(C)c(C)c1C.N#Cc1c2ccccc2c(C#N)c2ccccc12. The number of benzene rings is 4. The maximum atomic E-state index is 9.36. The van der Waals surface area contributed by atoms with Crippen LogP contribution in [-0.4, -0.2) is 0 Å². The molecule has 0 spiro atoms. The summed E-state index contributed by atoms with van der Waals surface area (Å²) in [6, 6.07) is 21.9. The first kappa shape index (κ1) is 20.1. The van der Waals surface area contributed by atoms with E-state index >= 15 is 0 Å². The van der Waals surface area contributed by atoms with Gasteiger partial charge in [0.15, 0.2) is 0 Å². The first-order valence-electron chi connectivity index (χ1n) is 9.68. The van der Waals surface area contributed by atoms with E-state index in [0.29, 0.717) is 11.1 Å². The Morgan fingerprint density at radius 3 is 1.10 bits per heavy atom. The number of fused-ring (bicyclic) bond motifs is 2. The minimum Gasteiger partial charge on any atom is -0.192 e. The predicted molar refractivity (Wildman–Crippen MR) is 121 cm³/mol. The summed E-state index contributed by atoms with van der Waals surface area (Å²) in [5.74, 6) is 0. The van der Waals surface area contributed by atoms with E-state index in [0.717, 1.165) is 21.5 Å². The van der Waals surface area contributed by atoms with Crippen LogP contribution in [0.3, 0.4) is 0 Å². The van der Waals surface area contributed by atoms with Gasteiger partial charge in [-0.15, -0.1) is 0 Å². The van der Waals surface area contributed by atoms with Crippen molar-refractivity contribution in [1.29, 1.82) is 10.5 Å². The molecule has 0 saturated heterocycles. The van der Waals surface area contributed by atoms with Crippen LogP contribution in [0.4, 0.5) is 0 Å². The maximum Gasteiger partial charge on any atom is 0.100 e. The van der Waals surface area contributed by atoms with E-state index in [1.54, 1.807) is 0 Å². The van der Waals surface area contributed by atoms with Gasteiger partial charge in [0.05, 0.1) is 11.1 Å². The van der Waals surface area contributed by atoms with Gasteiger partial charge in [-0.25, -0.2) is 0 Å². The molecular weight excluding hydrogens is 352 g/mol. The topological polar surface area (TPSA) is 47.6 Å². The van der Waals surface area contributed by atoms with Crippen LogP contribution in [0.1, 0.15) is 38.9 Å². The average Bonchev–Trinajstić information content (AvgIpc) is 2.75. The molecule has 4 rings (SSSR count). The smallest absolute Gasteiger partial charge is 0.100 e. The molecule has 0 radical (unpaired) electrons. The second-order valence-corrected chi connectivity index (χ2v) is 7.45. The zero-order chi connectivity index (χ0) is 21.1. The normalized spacial score (nSPS) is 10.2. The number of nitrogens with zero attached hydrogens (tertiary/aromatic N) is 2. The van der Waals surface area contributed by atoms with E-state index in [1.165, 1.54) is 27.8 Å². The Balaban J connectivity index is 0.000000188. The number of rotatable bonds is 0. The molecule has 0 aromatic heterocycles. The Morgan fingerprint density at radius 2 is 0.828 bits per heavy atom. The van der Waals surface area contributed by atoms with Gasteiger partial charge in [-0.05, 0) is 62.4 Å². The molecule has 142 valence electrons. The van der Waals surface area contributed by atoms with Crippen LogP contribution in [0.15, 0.2) is 54.6 Å². The first-order valence-corrected chi connectivity index (χ1v) is 9.68. The Kier molecular flexibility index (Phi) is 5.67. The fraction of sp³-hybridized carbons (Fsp3) is 0.185. The lowest BCUT2D eigenvalue weighted by Gasteiger charge is -2.10. The lowest BCUT2D eigenvalue weighted by Crippen LogP contribution is -1.93. The van der Waals surface area contributed by atoms with Crippen LogP contribution in [0.2, 0.25) is 0 Å². The Labute approximate surface area is 172 Å². The van der Waals surface area contributed by atoms with E-state index in [2.05, 4.69) is 52.8 Å². The highest BCUT2D eigenvalue weighted by atomic mass is 14.3. The summed E-state index contributed by atoms with van der Waals surface area (Å²) >= 11 is 0. The molecule has 0 unspecified atom stereocenters. The van der Waals surface area contributed by atoms with Crippen molar-refractivity contribution in [3.05, 3.63) is 93.5 Å². The van der Waals surface area contributed by atoms with Crippen LogP contribution < -0.4 is 0 Å². The Bertz CT molecular complexity index is 1160. The summed E-state index contributed by atoms with van der Waals surface area (Å²) in [7, 11) is 0. The van der Waals surface area contributed by atoms with Gasteiger partial charge in [0.25, 0.3) is 0 Å². The predicted octanol–water partition coefficient (Wildman–Crippen LogP) is 6.97. The third-order valence-electron chi connectivity index (χ3n) is 5.90. The van der Waals surface area contributed by atoms with Gasteiger partial charge >= 0.3 is 0 Å². The number of aryl methyl sites for hydroxylation is 2. The van der Waals surface area contributed by atoms with Crippen molar-refractivity contribution < 1.29 is 0 Å². The lowest BCUT2D eigenvalue weighted by molar-refractivity contribution is 1.18. The van der Waals surface area contributed by atoms with Crippen molar-refractivity contribution in [2.45, 2.75) is 34.6 Å². The highest BCUT2D eigenvalue weighted by Crippen LogP contribution is 2.31. The molecule has 0 aliphatic carbocycles. The summed E-state index contributed by atoms with van der Waals surface area (Å²) in [5.41, 5.74) is 8.42. The minimum absolute atomic E-state index is 0.639. The quantitative estimate of drug-likeness (QED) is 0.311. The monoisotopic (exact) mass is 376 g/mol. The second kappa shape index (κ2) is 8.17. The molecule has 4 aromatic carbocycles. The van der Waals surface area contributed by atoms with Crippen LogP contribution >= 0.6 is 0 Å². The third kappa shape index (κ3) is 3.58. The minimum atomic E-state index is 0.639. The van der Waals surface area contributed by atoms with Gasteiger partial charge in [-0.1, -0.05) is 54.6 Å². The first-order chi connectivity index (χ1) is 13.9. The molecule has 4 aromatic rings. The van der Waals surface area contributed by atoms with Crippen LogP contribution in [0.5, 0.6) is 0 Å². The summed E-state index contributed by atoms with van der Waals surface area (Å²) in [4.78, 5) is 0. The molecule has 0 heterocycles. The zero-order valence-electron chi connectivity index (χ0n) is 17.6. The third-order valence-corrected chi connectivity index (χ3v) is 5.90. The van der Waals surface area contributed by atoms with E-state index in [-0.39, 0.29) is 0 Å². The van der Waals surface area contributed by atoms with Gasteiger partial charge in [-0.2, -0.15) is 10.5 Å². The van der Waals surface area contributed by atoms with Gasteiger partial charge in [0, 0.05) is 21.5 Å². The van der Waals surface area contributed by atoms with Crippen LogP contribution in [0.25, 0.3) is 21.5 Å². The van der Waals surface area contributed by atoms with Crippen molar-refractivity contribution in [3.8, 4) is 12.1 Å². The van der Waals surface area contributed by atoms with Crippen molar-refractivity contribution in [3.63, 3.8) is 0 Å². The summed E-state index contributed by atoms with van der Waals surface area (Å²) in [5, 5.41) is 22.1. The Morgan fingerprint density at radius 1 is 0.517 bits per heavy atom. The fourth-order valence-corrected chi connectivity index (χ4v) is 3.78. The standard InChI is InChI=1S/C16H8N2.C11H16/c17-9-15-11-5-1-2-6-12(11)16(10-18)14-8-4-3-7-13(14)15;1-7-6-8(2)10(4)11(5)9(7)3/h1-8H;6H,1-5H3. The van der Waals surface area contributed by atoms with Gasteiger partial charge in [-0.3, -0.25) is 0 Å². The molecule has 0 aliphatic rings. The van der Waals surface area contributed by atoms with Crippen LogP contribution in [-0.2, 0) is 0 Å². The molecular formula is C27H24N2. The maximum absolute atomic E-state index is 9.36. The molecule has 0 atom stereocenters. The molecule has 0 N–H and O–H groups in total.